The van der Waals surface area contributed by atoms with Crippen LogP contribution in [0.3, 0.4) is 0 Å². The molecule has 18 heavy (non-hydrogen) atoms. The van der Waals surface area contributed by atoms with E-state index in [9.17, 15) is 4.79 Å². The maximum atomic E-state index is 12.2. The molecule has 0 radical (unpaired) electrons. The van der Waals surface area contributed by atoms with Gasteiger partial charge in [0.15, 0.2) is 0 Å². The normalized spacial score (nSPS) is 24.2. The summed E-state index contributed by atoms with van der Waals surface area (Å²) in [6.45, 7) is 5.75. The van der Waals surface area contributed by atoms with Gasteiger partial charge in [0.25, 0.3) is 0 Å². The van der Waals surface area contributed by atoms with Crippen molar-refractivity contribution in [1.82, 2.24) is 4.98 Å². The number of halogens is 1. The second kappa shape index (κ2) is 5.08. The molecule has 1 heterocycles. The van der Waals surface area contributed by atoms with Crippen LogP contribution in [-0.4, -0.2) is 16.6 Å². The molecule has 2 unspecified atom stereocenters. The van der Waals surface area contributed by atoms with Gasteiger partial charge in [-0.3, -0.25) is 4.79 Å². The average Bonchev–Trinajstić information content (AvgIpc) is 2.81. The van der Waals surface area contributed by atoms with Crippen molar-refractivity contribution in [2.24, 2.45) is 5.92 Å². The van der Waals surface area contributed by atoms with Crippen molar-refractivity contribution >= 4 is 21.9 Å². The fourth-order valence-corrected chi connectivity index (χ4v) is 2.95. The first-order valence-corrected chi connectivity index (χ1v) is 7.23. The fourth-order valence-electron chi connectivity index (χ4n) is 2.59. The van der Waals surface area contributed by atoms with Gasteiger partial charge in [-0.15, -0.1) is 0 Å². The molecule has 1 aliphatic carbocycles. The molecular weight excluding hydrogens is 294 g/mol. The molecule has 1 N–H and O–H groups in total. The molecule has 2 atom stereocenters. The zero-order valence-electron chi connectivity index (χ0n) is 11.1. The van der Waals surface area contributed by atoms with Crippen LogP contribution < -0.4 is 0 Å². The summed E-state index contributed by atoms with van der Waals surface area (Å²) in [5.41, 5.74) is 0.732. The van der Waals surface area contributed by atoms with Crippen LogP contribution in [0.4, 0.5) is 0 Å². The molecule has 3 nitrogen and oxygen atoms in total. The number of hydrogen-bond acceptors (Lipinski definition) is 2. The van der Waals surface area contributed by atoms with Crippen molar-refractivity contribution in [3.05, 3.63) is 22.4 Å². The van der Waals surface area contributed by atoms with Gasteiger partial charge >= 0.3 is 5.97 Å². The number of hydrogen-bond donors (Lipinski definition) is 1. The first-order chi connectivity index (χ1) is 8.37. The SMILES string of the molecule is CC(C)(C)OC(=O)C1CCCC1c1ccc(Br)[nH]1. The molecule has 1 aliphatic rings. The Kier molecular flexibility index (Phi) is 3.85. The summed E-state index contributed by atoms with van der Waals surface area (Å²) < 4.78 is 6.48. The first-order valence-electron chi connectivity index (χ1n) is 6.44. The zero-order chi connectivity index (χ0) is 13.3. The van der Waals surface area contributed by atoms with Crippen molar-refractivity contribution < 1.29 is 9.53 Å². The summed E-state index contributed by atoms with van der Waals surface area (Å²) in [7, 11) is 0. The van der Waals surface area contributed by atoms with E-state index in [-0.39, 0.29) is 17.8 Å². The Morgan fingerprint density at radius 2 is 2.11 bits per heavy atom. The summed E-state index contributed by atoms with van der Waals surface area (Å²) in [6, 6.07) is 4.04. The minimum atomic E-state index is -0.402. The fraction of sp³-hybridized carbons (Fsp3) is 0.643. The largest absolute Gasteiger partial charge is 0.460 e. The Morgan fingerprint density at radius 3 is 2.67 bits per heavy atom. The van der Waals surface area contributed by atoms with Gasteiger partial charge in [-0.05, 0) is 61.7 Å². The first kappa shape index (κ1) is 13.7. The minimum absolute atomic E-state index is 0.00484. The standard InChI is InChI=1S/C14H20BrNO2/c1-14(2,3)18-13(17)10-6-4-5-9(10)11-7-8-12(15)16-11/h7-10,16H,4-6H2,1-3H3. The van der Waals surface area contributed by atoms with E-state index in [1.807, 2.05) is 26.8 Å². The molecule has 1 aromatic rings. The van der Waals surface area contributed by atoms with E-state index in [2.05, 4.69) is 27.0 Å². The van der Waals surface area contributed by atoms with Crippen molar-refractivity contribution in [3.8, 4) is 0 Å². The topological polar surface area (TPSA) is 42.1 Å². The summed E-state index contributed by atoms with van der Waals surface area (Å²) in [6.07, 6.45) is 3.07. The van der Waals surface area contributed by atoms with Crippen LogP contribution in [0.1, 0.15) is 51.6 Å². The smallest absolute Gasteiger partial charge is 0.310 e. The highest BCUT2D eigenvalue weighted by Gasteiger charge is 2.37. The molecular formula is C14H20BrNO2. The lowest BCUT2D eigenvalue weighted by atomic mass is 9.93. The molecule has 2 rings (SSSR count). The molecule has 0 bridgehead atoms. The number of aromatic amines is 1. The highest BCUT2D eigenvalue weighted by molar-refractivity contribution is 9.10. The molecule has 0 aliphatic heterocycles. The molecule has 4 heteroatoms. The molecule has 0 aromatic carbocycles. The van der Waals surface area contributed by atoms with E-state index in [0.29, 0.717) is 0 Å². The van der Waals surface area contributed by atoms with E-state index < -0.39 is 5.60 Å². The van der Waals surface area contributed by atoms with E-state index >= 15 is 0 Å². The number of aromatic nitrogens is 1. The number of nitrogens with one attached hydrogen (secondary N) is 1. The number of carbonyl (C=O) groups excluding carboxylic acids is 1. The van der Waals surface area contributed by atoms with Crippen LogP contribution in [0.15, 0.2) is 16.7 Å². The van der Waals surface area contributed by atoms with Crippen LogP contribution in [0, 0.1) is 5.92 Å². The summed E-state index contributed by atoms with van der Waals surface area (Å²) >= 11 is 3.41. The third kappa shape index (κ3) is 3.16. The highest BCUT2D eigenvalue weighted by atomic mass is 79.9. The third-order valence-electron chi connectivity index (χ3n) is 3.30. The number of rotatable bonds is 2. The quantitative estimate of drug-likeness (QED) is 0.838. The monoisotopic (exact) mass is 313 g/mol. The number of carbonyl (C=O) groups is 1. The van der Waals surface area contributed by atoms with Gasteiger partial charge in [0.1, 0.15) is 5.60 Å². The van der Waals surface area contributed by atoms with Crippen molar-refractivity contribution in [1.29, 1.82) is 0 Å². The lowest BCUT2D eigenvalue weighted by Gasteiger charge is -2.24. The molecule has 1 saturated carbocycles. The predicted molar refractivity (Wildman–Crippen MR) is 74.4 cm³/mol. The molecule has 1 aromatic heterocycles. The van der Waals surface area contributed by atoms with Crippen molar-refractivity contribution in [3.63, 3.8) is 0 Å². The van der Waals surface area contributed by atoms with Crippen LogP contribution in [-0.2, 0) is 9.53 Å². The Hall–Kier alpha value is -0.770. The van der Waals surface area contributed by atoms with Crippen LogP contribution in [0.25, 0.3) is 0 Å². The van der Waals surface area contributed by atoms with Crippen LogP contribution in [0.2, 0.25) is 0 Å². The number of ether oxygens (including phenoxy) is 1. The summed E-state index contributed by atoms with van der Waals surface area (Å²) in [4.78, 5) is 15.5. The van der Waals surface area contributed by atoms with Crippen molar-refractivity contribution in [2.75, 3.05) is 0 Å². The van der Waals surface area contributed by atoms with Gasteiger partial charge in [0, 0.05) is 11.6 Å². The minimum Gasteiger partial charge on any atom is -0.460 e. The summed E-state index contributed by atoms with van der Waals surface area (Å²) in [5, 5.41) is 0. The Morgan fingerprint density at radius 1 is 1.39 bits per heavy atom. The van der Waals surface area contributed by atoms with Crippen LogP contribution >= 0.6 is 15.9 Å². The van der Waals surface area contributed by atoms with Gasteiger partial charge < -0.3 is 9.72 Å². The zero-order valence-corrected chi connectivity index (χ0v) is 12.7. The molecule has 0 amide bonds. The molecule has 0 spiro atoms. The average molecular weight is 314 g/mol. The van der Waals surface area contributed by atoms with E-state index in [4.69, 9.17) is 4.74 Å². The maximum Gasteiger partial charge on any atom is 0.310 e. The van der Waals surface area contributed by atoms with Gasteiger partial charge in [-0.25, -0.2) is 0 Å². The molecule has 1 fully saturated rings. The van der Waals surface area contributed by atoms with Gasteiger partial charge in [-0.1, -0.05) is 6.42 Å². The van der Waals surface area contributed by atoms with Gasteiger partial charge in [0.05, 0.1) is 10.5 Å². The second-order valence-corrected chi connectivity index (χ2v) is 6.79. The third-order valence-corrected chi connectivity index (χ3v) is 3.76. The lowest BCUT2D eigenvalue weighted by Crippen LogP contribution is -2.29. The van der Waals surface area contributed by atoms with Gasteiger partial charge in [0.2, 0.25) is 0 Å². The second-order valence-electron chi connectivity index (χ2n) is 5.94. The Balaban J connectivity index is 2.10. The molecule has 100 valence electrons. The predicted octanol–water partition coefficient (Wildman–Crippen LogP) is 4.00. The van der Waals surface area contributed by atoms with E-state index in [0.717, 1.165) is 29.6 Å². The molecule has 0 saturated heterocycles. The number of H-pyrrole nitrogens is 1. The Bertz CT molecular complexity index is 433. The van der Waals surface area contributed by atoms with E-state index in [1.165, 1.54) is 0 Å². The highest BCUT2D eigenvalue weighted by Crippen LogP contribution is 2.40. The van der Waals surface area contributed by atoms with E-state index in [1.54, 1.807) is 0 Å². The van der Waals surface area contributed by atoms with Gasteiger partial charge in [-0.2, -0.15) is 0 Å². The maximum absolute atomic E-state index is 12.2. The van der Waals surface area contributed by atoms with Crippen molar-refractivity contribution in [2.45, 2.75) is 51.6 Å². The summed E-state index contributed by atoms with van der Waals surface area (Å²) in [5.74, 6) is 0.205. The lowest BCUT2D eigenvalue weighted by molar-refractivity contribution is -0.160. The Labute approximate surface area is 116 Å². The number of esters is 1. The van der Waals surface area contributed by atoms with Crippen LogP contribution in [0.5, 0.6) is 0 Å².